The SMILES string of the molecule is O=Cc1nn(CC(=O)N(CC(=O)NCc2cccc(Cl)c2F)CC2CC2)c2ccccc12. The van der Waals surface area contributed by atoms with Crippen molar-refractivity contribution < 1.29 is 18.8 Å². The van der Waals surface area contributed by atoms with E-state index in [2.05, 4.69) is 10.4 Å². The van der Waals surface area contributed by atoms with Crippen LogP contribution in [0.15, 0.2) is 42.5 Å². The minimum Gasteiger partial charge on any atom is -0.350 e. The number of nitrogens with one attached hydrogen (secondary N) is 1. The normalized spacial score (nSPS) is 13.2. The Hall–Kier alpha value is -3.26. The van der Waals surface area contributed by atoms with Gasteiger partial charge >= 0.3 is 0 Å². The van der Waals surface area contributed by atoms with Crippen LogP contribution in [-0.2, 0) is 22.7 Å². The topological polar surface area (TPSA) is 84.3 Å². The van der Waals surface area contributed by atoms with E-state index in [0.717, 1.165) is 12.8 Å². The summed E-state index contributed by atoms with van der Waals surface area (Å²) in [7, 11) is 0. The summed E-state index contributed by atoms with van der Waals surface area (Å²) >= 11 is 5.78. The van der Waals surface area contributed by atoms with Crippen molar-refractivity contribution in [2.45, 2.75) is 25.9 Å². The number of aldehydes is 1. The first-order chi connectivity index (χ1) is 15.5. The fourth-order valence-electron chi connectivity index (χ4n) is 3.56. The molecule has 0 radical (unpaired) electrons. The lowest BCUT2D eigenvalue weighted by atomic mass is 10.2. The van der Waals surface area contributed by atoms with Crippen LogP contribution < -0.4 is 5.32 Å². The van der Waals surface area contributed by atoms with Crippen LogP contribution in [0.4, 0.5) is 4.39 Å². The van der Waals surface area contributed by atoms with Gasteiger partial charge < -0.3 is 10.2 Å². The van der Waals surface area contributed by atoms with Crippen LogP contribution in [0.1, 0.15) is 28.9 Å². The van der Waals surface area contributed by atoms with E-state index in [1.54, 1.807) is 30.3 Å². The van der Waals surface area contributed by atoms with Crippen molar-refractivity contribution in [3.63, 3.8) is 0 Å². The number of rotatable bonds is 9. The van der Waals surface area contributed by atoms with Gasteiger partial charge in [-0.25, -0.2) is 4.39 Å². The minimum atomic E-state index is -0.572. The molecule has 1 saturated carbocycles. The number of halogens is 2. The predicted octanol–water partition coefficient (Wildman–Crippen LogP) is 3.20. The molecule has 2 amide bonds. The van der Waals surface area contributed by atoms with Crippen molar-refractivity contribution in [2.24, 2.45) is 5.92 Å². The minimum absolute atomic E-state index is 0.0107. The summed E-state index contributed by atoms with van der Waals surface area (Å²) in [4.78, 5) is 38.4. The Balaban J connectivity index is 1.44. The maximum absolute atomic E-state index is 14.0. The lowest BCUT2D eigenvalue weighted by Crippen LogP contribution is -2.43. The fourth-order valence-corrected chi connectivity index (χ4v) is 3.76. The molecule has 0 aliphatic heterocycles. The molecule has 0 unspecified atom stereocenters. The Kier molecular flexibility index (Phi) is 6.50. The second-order valence-corrected chi connectivity index (χ2v) is 8.29. The van der Waals surface area contributed by atoms with Gasteiger partial charge in [-0.2, -0.15) is 5.10 Å². The van der Waals surface area contributed by atoms with Gasteiger partial charge in [-0.15, -0.1) is 0 Å². The van der Waals surface area contributed by atoms with Crippen LogP contribution in [0.5, 0.6) is 0 Å². The van der Waals surface area contributed by atoms with E-state index < -0.39 is 11.7 Å². The molecule has 1 aliphatic rings. The van der Waals surface area contributed by atoms with E-state index in [9.17, 15) is 18.8 Å². The molecule has 32 heavy (non-hydrogen) atoms. The monoisotopic (exact) mass is 456 g/mol. The molecule has 9 heteroatoms. The third-order valence-electron chi connectivity index (χ3n) is 5.45. The average Bonchev–Trinajstić information content (AvgIpc) is 3.54. The third-order valence-corrected chi connectivity index (χ3v) is 5.75. The first-order valence-electron chi connectivity index (χ1n) is 10.3. The van der Waals surface area contributed by atoms with Crippen molar-refractivity contribution in [3.05, 3.63) is 64.6 Å². The number of aromatic nitrogens is 2. The first kappa shape index (κ1) is 22.0. The van der Waals surface area contributed by atoms with Gasteiger partial charge in [0.05, 0.1) is 17.1 Å². The van der Waals surface area contributed by atoms with Crippen LogP contribution in [0.3, 0.4) is 0 Å². The number of fused-ring (bicyclic) bond motifs is 1. The van der Waals surface area contributed by atoms with Crippen LogP contribution in [0.2, 0.25) is 5.02 Å². The molecule has 1 aromatic heterocycles. The second kappa shape index (κ2) is 9.48. The average molecular weight is 457 g/mol. The molecule has 0 bridgehead atoms. The highest BCUT2D eigenvalue weighted by Crippen LogP contribution is 2.30. The Morgan fingerprint density at radius 3 is 2.75 bits per heavy atom. The summed E-state index contributed by atoms with van der Waals surface area (Å²) in [6.45, 7) is 0.217. The van der Waals surface area contributed by atoms with Gasteiger partial charge in [0.2, 0.25) is 11.8 Å². The summed E-state index contributed by atoms with van der Waals surface area (Å²) in [5.74, 6) is -0.863. The molecule has 0 saturated heterocycles. The van der Waals surface area contributed by atoms with E-state index in [1.807, 2.05) is 6.07 Å². The van der Waals surface area contributed by atoms with Crippen LogP contribution in [-0.4, -0.2) is 45.9 Å². The molecule has 0 atom stereocenters. The smallest absolute Gasteiger partial charge is 0.244 e. The zero-order valence-corrected chi connectivity index (χ0v) is 18.0. The molecule has 1 aliphatic carbocycles. The van der Waals surface area contributed by atoms with Gasteiger partial charge in [0.15, 0.2) is 6.29 Å². The molecule has 2 aromatic carbocycles. The standard InChI is InChI=1S/C23H22ClFN4O3/c24-18-6-3-4-16(23(18)25)10-26-21(31)12-28(11-15-8-9-15)22(32)13-29-20-7-2-1-5-17(20)19(14-30)27-29/h1-7,14-15H,8-13H2,(H,26,31). The number of nitrogens with zero attached hydrogens (tertiary/aromatic N) is 3. The molecule has 0 spiro atoms. The van der Waals surface area contributed by atoms with Crippen molar-refractivity contribution in [3.8, 4) is 0 Å². The maximum atomic E-state index is 14.0. The van der Waals surface area contributed by atoms with Gasteiger partial charge in [0, 0.05) is 24.0 Å². The highest BCUT2D eigenvalue weighted by atomic mass is 35.5. The number of carbonyl (C=O) groups excluding carboxylic acids is 3. The lowest BCUT2D eigenvalue weighted by Gasteiger charge is -2.22. The zero-order valence-electron chi connectivity index (χ0n) is 17.3. The Labute approximate surface area is 189 Å². The highest BCUT2D eigenvalue weighted by Gasteiger charge is 2.28. The summed E-state index contributed by atoms with van der Waals surface area (Å²) in [5, 5.41) is 7.56. The molecular weight excluding hydrogens is 435 g/mol. The van der Waals surface area contributed by atoms with E-state index in [0.29, 0.717) is 29.7 Å². The third kappa shape index (κ3) is 4.96. The maximum Gasteiger partial charge on any atom is 0.244 e. The van der Waals surface area contributed by atoms with Gasteiger partial charge in [-0.3, -0.25) is 19.1 Å². The number of para-hydroxylation sites is 1. The predicted molar refractivity (Wildman–Crippen MR) is 118 cm³/mol. The Morgan fingerprint density at radius 1 is 1.22 bits per heavy atom. The number of hydrogen-bond acceptors (Lipinski definition) is 4. The number of hydrogen-bond donors (Lipinski definition) is 1. The number of benzene rings is 2. The van der Waals surface area contributed by atoms with Crippen molar-refractivity contribution in [1.29, 1.82) is 0 Å². The molecule has 3 aromatic rings. The zero-order chi connectivity index (χ0) is 22.7. The quantitative estimate of drug-likeness (QED) is 0.501. The lowest BCUT2D eigenvalue weighted by molar-refractivity contribution is -0.137. The van der Waals surface area contributed by atoms with Crippen LogP contribution in [0.25, 0.3) is 10.9 Å². The largest absolute Gasteiger partial charge is 0.350 e. The molecule has 4 rings (SSSR count). The van der Waals surface area contributed by atoms with Crippen molar-refractivity contribution >= 4 is 40.6 Å². The second-order valence-electron chi connectivity index (χ2n) is 7.89. The van der Waals surface area contributed by atoms with E-state index in [1.165, 1.54) is 15.6 Å². The Bertz CT molecular complexity index is 1180. The van der Waals surface area contributed by atoms with E-state index in [4.69, 9.17) is 11.6 Å². The van der Waals surface area contributed by atoms with Crippen molar-refractivity contribution in [1.82, 2.24) is 20.0 Å². The Morgan fingerprint density at radius 2 is 2.00 bits per heavy atom. The summed E-state index contributed by atoms with van der Waals surface area (Å²) < 4.78 is 15.5. The van der Waals surface area contributed by atoms with Crippen LogP contribution >= 0.6 is 11.6 Å². The van der Waals surface area contributed by atoms with Crippen LogP contribution in [0, 0.1) is 11.7 Å². The van der Waals surface area contributed by atoms with Gasteiger partial charge in [0.25, 0.3) is 0 Å². The fraction of sp³-hybridized carbons (Fsp3) is 0.304. The molecule has 166 valence electrons. The van der Waals surface area contributed by atoms with Gasteiger partial charge in [0.1, 0.15) is 18.1 Å². The summed E-state index contributed by atoms with van der Waals surface area (Å²) in [6, 6.07) is 11.8. The van der Waals surface area contributed by atoms with Gasteiger partial charge in [-0.1, -0.05) is 41.9 Å². The first-order valence-corrected chi connectivity index (χ1v) is 10.7. The van der Waals surface area contributed by atoms with E-state index >= 15 is 0 Å². The molecule has 1 heterocycles. The highest BCUT2D eigenvalue weighted by molar-refractivity contribution is 6.30. The molecule has 1 N–H and O–H groups in total. The molecular formula is C23H22ClFN4O3. The van der Waals surface area contributed by atoms with Crippen molar-refractivity contribution in [2.75, 3.05) is 13.1 Å². The number of carbonyl (C=O) groups is 3. The number of amides is 2. The summed E-state index contributed by atoms with van der Waals surface area (Å²) in [5.41, 5.74) is 1.22. The molecule has 1 fully saturated rings. The van der Waals surface area contributed by atoms with Gasteiger partial charge in [-0.05, 0) is 30.9 Å². The van der Waals surface area contributed by atoms with E-state index in [-0.39, 0.29) is 41.8 Å². The summed E-state index contributed by atoms with van der Waals surface area (Å²) in [6.07, 6.45) is 2.69. The molecule has 7 nitrogen and oxygen atoms in total.